The smallest absolute Gasteiger partial charge is 0.305 e. The van der Waals surface area contributed by atoms with Crippen LogP contribution in [0.4, 0.5) is 0 Å². The molecule has 1 saturated heterocycles. The zero-order valence-electron chi connectivity index (χ0n) is 14.5. The molecule has 6 nitrogen and oxygen atoms in total. The number of ether oxygens (including phenoxy) is 1. The minimum atomic E-state index is -0.893. The van der Waals surface area contributed by atoms with Gasteiger partial charge in [0.1, 0.15) is 0 Å². The van der Waals surface area contributed by atoms with Gasteiger partial charge in [-0.05, 0) is 24.5 Å². The highest BCUT2D eigenvalue weighted by Crippen LogP contribution is 2.22. The van der Waals surface area contributed by atoms with Gasteiger partial charge in [-0.15, -0.1) is 0 Å². The van der Waals surface area contributed by atoms with Crippen molar-refractivity contribution in [3.8, 4) is 0 Å². The van der Waals surface area contributed by atoms with E-state index >= 15 is 0 Å². The lowest BCUT2D eigenvalue weighted by atomic mass is 10.1. The normalized spacial score (nSPS) is 17.1. The number of amides is 1. The van der Waals surface area contributed by atoms with Gasteiger partial charge in [0.15, 0.2) is 0 Å². The fourth-order valence-corrected chi connectivity index (χ4v) is 3.42. The number of fused-ring (bicyclic) bond motifs is 1. The summed E-state index contributed by atoms with van der Waals surface area (Å²) < 4.78 is 7.63. The number of rotatable bonds is 7. The van der Waals surface area contributed by atoms with E-state index < -0.39 is 5.97 Å². The van der Waals surface area contributed by atoms with Crippen molar-refractivity contribution in [3.63, 3.8) is 0 Å². The van der Waals surface area contributed by atoms with Gasteiger partial charge in [0.2, 0.25) is 5.91 Å². The van der Waals surface area contributed by atoms with Crippen LogP contribution in [0.3, 0.4) is 0 Å². The molecule has 3 rings (SSSR count). The molecule has 0 bridgehead atoms. The minimum Gasteiger partial charge on any atom is -0.481 e. The molecule has 1 aliphatic rings. The van der Waals surface area contributed by atoms with Crippen LogP contribution in [-0.2, 0) is 27.8 Å². The molecule has 1 atom stereocenters. The van der Waals surface area contributed by atoms with E-state index in [0.717, 1.165) is 35.9 Å². The third-order valence-electron chi connectivity index (χ3n) is 4.72. The summed E-state index contributed by atoms with van der Waals surface area (Å²) in [6.45, 7) is 1.41. The lowest BCUT2D eigenvalue weighted by molar-refractivity contribution is -0.139. The first-order valence-corrected chi connectivity index (χ1v) is 8.68. The highest BCUT2D eigenvalue weighted by atomic mass is 16.5. The monoisotopic (exact) mass is 344 g/mol. The molecular formula is C19H24N2O4. The van der Waals surface area contributed by atoms with Crippen LogP contribution < -0.4 is 0 Å². The van der Waals surface area contributed by atoms with E-state index in [2.05, 4.69) is 0 Å². The van der Waals surface area contributed by atoms with Gasteiger partial charge in [-0.25, -0.2) is 0 Å². The molecule has 1 aliphatic heterocycles. The summed E-state index contributed by atoms with van der Waals surface area (Å²) in [4.78, 5) is 25.4. The number of carbonyl (C=O) groups excluding carboxylic acids is 1. The van der Waals surface area contributed by atoms with Gasteiger partial charge in [-0.2, -0.15) is 0 Å². The van der Waals surface area contributed by atoms with Gasteiger partial charge < -0.3 is 19.3 Å². The first-order chi connectivity index (χ1) is 12.0. The third-order valence-corrected chi connectivity index (χ3v) is 4.72. The maximum absolute atomic E-state index is 12.8. The Kier molecular flexibility index (Phi) is 5.38. The van der Waals surface area contributed by atoms with Gasteiger partial charge in [0, 0.05) is 43.8 Å². The molecule has 2 aromatic rings. The maximum Gasteiger partial charge on any atom is 0.305 e. The topological polar surface area (TPSA) is 71.8 Å². The van der Waals surface area contributed by atoms with E-state index in [1.54, 1.807) is 4.90 Å². The number of para-hydroxylation sites is 1. The molecule has 6 heteroatoms. The van der Waals surface area contributed by atoms with E-state index in [4.69, 9.17) is 9.84 Å². The van der Waals surface area contributed by atoms with Gasteiger partial charge in [0.25, 0.3) is 0 Å². The van der Waals surface area contributed by atoms with Crippen LogP contribution in [0.25, 0.3) is 10.9 Å². The van der Waals surface area contributed by atoms with Crippen molar-refractivity contribution in [3.05, 3.63) is 36.0 Å². The largest absolute Gasteiger partial charge is 0.481 e. The van der Waals surface area contributed by atoms with Gasteiger partial charge in [0.05, 0.1) is 18.9 Å². The Labute approximate surface area is 147 Å². The molecule has 25 heavy (non-hydrogen) atoms. The molecule has 0 saturated carbocycles. The molecule has 134 valence electrons. The quantitative estimate of drug-likeness (QED) is 0.836. The molecule has 0 spiro atoms. The number of carboxylic acid groups (broad SMARTS) is 1. The van der Waals surface area contributed by atoms with Crippen molar-refractivity contribution in [2.75, 3.05) is 19.7 Å². The molecule has 1 fully saturated rings. The number of benzene rings is 1. The molecule has 0 radical (unpaired) electrons. The van der Waals surface area contributed by atoms with E-state index in [-0.39, 0.29) is 31.4 Å². The number of aryl methyl sites for hydroxylation is 1. The van der Waals surface area contributed by atoms with Crippen molar-refractivity contribution < 1.29 is 19.4 Å². The summed E-state index contributed by atoms with van der Waals surface area (Å²) in [5.41, 5.74) is 2.05. The molecule has 1 amide bonds. The summed E-state index contributed by atoms with van der Waals surface area (Å²) in [6.07, 6.45) is 4.14. The zero-order valence-corrected chi connectivity index (χ0v) is 14.5. The Balaban J connectivity index is 1.74. The van der Waals surface area contributed by atoms with Gasteiger partial charge in [-0.1, -0.05) is 18.2 Å². The van der Waals surface area contributed by atoms with Crippen LogP contribution in [0.15, 0.2) is 30.5 Å². The predicted octanol–water partition coefficient (Wildman–Crippen LogP) is 2.20. The van der Waals surface area contributed by atoms with Crippen LogP contribution in [-0.4, -0.2) is 52.3 Å². The number of aromatic nitrogens is 1. The SMILES string of the molecule is Cn1cc(CC(=O)N(CCC(=O)O)CC2CCCO2)c2ccccc21. The fourth-order valence-electron chi connectivity index (χ4n) is 3.42. The number of nitrogens with zero attached hydrogens (tertiary/aromatic N) is 2. The Hall–Kier alpha value is -2.34. The van der Waals surface area contributed by atoms with E-state index in [1.165, 1.54) is 0 Å². The molecule has 2 heterocycles. The number of hydrogen-bond donors (Lipinski definition) is 1. The van der Waals surface area contributed by atoms with Gasteiger partial charge >= 0.3 is 5.97 Å². The predicted molar refractivity (Wildman–Crippen MR) is 94.4 cm³/mol. The van der Waals surface area contributed by atoms with Crippen LogP contribution in [0.5, 0.6) is 0 Å². The summed E-state index contributed by atoms with van der Waals surface area (Å²) >= 11 is 0. The number of aliphatic carboxylic acids is 1. The van der Waals surface area contributed by atoms with Crippen LogP contribution in [0, 0.1) is 0 Å². The zero-order chi connectivity index (χ0) is 17.8. The van der Waals surface area contributed by atoms with Gasteiger partial charge in [-0.3, -0.25) is 9.59 Å². The molecule has 1 aromatic carbocycles. The summed E-state index contributed by atoms with van der Waals surface area (Å²) in [6, 6.07) is 7.98. The van der Waals surface area contributed by atoms with Crippen molar-refractivity contribution in [1.29, 1.82) is 0 Å². The summed E-state index contributed by atoms with van der Waals surface area (Å²) in [7, 11) is 1.96. The molecule has 1 N–H and O–H groups in total. The molecule has 0 aliphatic carbocycles. The summed E-state index contributed by atoms with van der Waals surface area (Å²) in [5, 5.41) is 10.0. The van der Waals surface area contributed by atoms with Crippen molar-refractivity contribution >= 4 is 22.8 Å². The first-order valence-electron chi connectivity index (χ1n) is 8.68. The average Bonchev–Trinajstić information content (AvgIpc) is 3.20. The standard InChI is InChI=1S/C19H24N2O4/c1-20-12-14(16-6-2-3-7-17(16)20)11-18(22)21(9-8-19(23)24)13-15-5-4-10-25-15/h2-3,6-7,12,15H,4-5,8-11,13H2,1H3,(H,23,24). The van der Waals surface area contributed by atoms with Crippen LogP contribution >= 0.6 is 0 Å². The highest BCUT2D eigenvalue weighted by Gasteiger charge is 2.24. The Morgan fingerprint density at radius 1 is 1.36 bits per heavy atom. The van der Waals surface area contributed by atoms with Crippen LogP contribution in [0.1, 0.15) is 24.8 Å². The Bertz CT molecular complexity index is 762. The molecular weight excluding hydrogens is 320 g/mol. The second-order valence-electron chi connectivity index (χ2n) is 6.58. The second kappa shape index (κ2) is 7.70. The maximum atomic E-state index is 12.8. The number of hydrogen-bond acceptors (Lipinski definition) is 3. The summed E-state index contributed by atoms with van der Waals surface area (Å²) in [5.74, 6) is -0.941. The average molecular weight is 344 g/mol. The van der Waals surface area contributed by atoms with Crippen molar-refractivity contribution in [1.82, 2.24) is 9.47 Å². The number of carboxylic acids is 1. The fraction of sp³-hybridized carbons (Fsp3) is 0.474. The first kappa shape index (κ1) is 17.5. The van der Waals surface area contributed by atoms with Crippen molar-refractivity contribution in [2.45, 2.75) is 31.8 Å². The molecule has 1 unspecified atom stereocenters. The highest BCUT2D eigenvalue weighted by molar-refractivity contribution is 5.89. The number of carbonyl (C=O) groups is 2. The third kappa shape index (κ3) is 4.20. The van der Waals surface area contributed by atoms with E-state index in [0.29, 0.717) is 6.54 Å². The lowest BCUT2D eigenvalue weighted by Crippen LogP contribution is -2.39. The van der Waals surface area contributed by atoms with E-state index in [9.17, 15) is 9.59 Å². The minimum absolute atomic E-state index is 0.0188. The van der Waals surface area contributed by atoms with Crippen molar-refractivity contribution in [2.24, 2.45) is 7.05 Å². The van der Waals surface area contributed by atoms with Crippen LogP contribution in [0.2, 0.25) is 0 Å². The van der Waals surface area contributed by atoms with E-state index in [1.807, 2.05) is 42.1 Å². The lowest BCUT2D eigenvalue weighted by Gasteiger charge is -2.25. The Morgan fingerprint density at radius 3 is 2.88 bits per heavy atom. The molecule has 1 aromatic heterocycles. The second-order valence-corrected chi connectivity index (χ2v) is 6.58. The Morgan fingerprint density at radius 2 is 2.16 bits per heavy atom.